The molecule has 3 aromatic carbocycles. The quantitative estimate of drug-likeness (QED) is 0.454. The molecule has 1 fully saturated rings. The maximum atomic E-state index is 12.8. The number of hydrogen-bond acceptors (Lipinski definition) is 6. The summed E-state index contributed by atoms with van der Waals surface area (Å²) in [6.45, 7) is 3.08. The Morgan fingerprint density at radius 1 is 0.943 bits per heavy atom. The molecule has 1 saturated heterocycles. The highest BCUT2D eigenvalue weighted by molar-refractivity contribution is 6.06. The van der Waals surface area contributed by atoms with Crippen molar-refractivity contribution in [3.8, 4) is 0 Å². The van der Waals surface area contributed by atoms with Crippen LogP contribution in [-0.2, 0) is 11.2 Å². The first-order valence-electron chi connectivity index (χ1n) is 11.8. The summed E-state index contributed by atoms with van der Waals surface area (Å²) in [6.07, 6.45) is 0.609. The average molecular weight is 468 g/mol. The van der Waals surface area contributed by atoms with Gasteiger partial charge in [0, 0.05) is 50.9 Å². The van der Waals surface area contributed by atoms with Crippen LogP contribution in [0.2, 0.25) is 0 Å². The van der Waals surface area contributed by atoms with Crippen LogP contribution in [0.25, 0.3) is 10.8 Å². The van der Waals surface area contributed by atoms with E-state index in [9.17, 15) is 4.79 Å². The highest BCUT2D eigenvalue weighted by Crippen LogP contribution is 2.22. The van der Waals surface area contributed by atoms with Gasteiger partial charge in [0.25, 0.3) is 5.91 Å². The molecule has 0 spiro atoms. The lowest BCUT2D eigenvalue weighted by Gasteiger charge is -2.28. The number of amides is 1. The number of nitrogens with zero attached hydrogens (tertiary/aromatic N) is 4. The van der Waals surface area contributed by atoms with Gasteiger partial charge in [-0.25, -0.2) is 9.97 Å². The Morgan fingerprint density at radius 2 is 1.69 bits per heavy atom. The zero-order chi connectivity index (χ0) is 24.2. The van der Waals surface area contributed by atoms with Crippen molar-refractivity contribution < 1.29 is 9.53 Å². The lowest BCUT2D eigenvalue weighted by Crippen LogP contribution is -2.37. The van der Waals surface area contributed by atoms with E-state index in [2.05, 4.69) is 10.2 Å². The van der Waals surface area contributed by atoms with E-state index in [0.29, 0.717) is 25.2 Å². The Labute approximate surface area is 205 Å². The van der Waals surface area contributed by atoms with Crippen LogP contribution in [0.3, 0.4) is 0 Å². The number of fused-ring (bicyclic) bond motifs is 1. The molecule has 0 atom stereocenters. The number of anilines is 3. The second kappa shape index (κ2) is 10.1. The molecule has 0 unspecified atom stereocenters. The molecule has 1 aromatic heterocycles. The lowest BCUT2D eigenvalue weighted by atomic mass is 10.1. The topological polar surface area (TPSA) is 70.6 Å². The van der Waals surface area contributed by atoms with Crippen LogP contribution in [0.5, 0.6) is 0 Å². The number of ether oxygens (including phenoxy) is 1. The summed E-state index contributed by atoms with van der Waals surface area (Å²) in [4.78, 5) is 26.6. The third kappa shape index (κ3) is 5.41. The van der Waals surface area contributed by atoms with Crippen LogP contribution >= 0.6 is 0 Å². The predicted octanol–water partition coefficient (Wildman–Crippen LogP) is 4.38. The van der Waals surface area contributed by atoms with Crippen LogP contribution in [0.4, 0.5) is 17.3 Å². The minimum Gasteiger partial charge on any atom is -0.378 e. The first-order chi connectivity index (χ1) is 17.0. The summed E-state index contributed by atoms with van der Waals surface area (Å²) in [5.74, 6) is 2.46. The van der Waals surface area contributed by atoms with E-state index < -0.39 is 0 Å². The molecular formula is C28H29N5O2. The van der Waals surface area contributed by atoms with Crippen molar-refractivity contribution in [2.24, 2.45) is 0 Å². The Bertz CT molecular complexity index is 1330. The fraction of sp³-hybridized carbons (Fsp3) is 0.250. The summed E-state index contributed by atoms with van der Waals surface area (Å²) in [5, 5.41) is 5.16. The van der Waals surface area contributed by atoms with Crippen molar-refractivity contribution in [2.75, 3.05) is 55.5 Å². The SMILES string of the molecule is CN(C)c1cc(N2CCOCC2)nc(Cc2ccc(NC(=O)c3ccc4ccccc4c3)cc2)n1. The van der Waals surface area contributed by atoms with E-state index >= 15 is 0 Å². The molecule has 7 nitrogen and oxygen atoms in total. The molecule has 0 saturated carbocycles. The molecule has 1 amide bonds. The van der Waals surface area contributed by atoms with E-state index in [1.165, 1.54) is 0 Å². The van der Waals surface area contributed by atoms with Crippen molar-refractivity contribution in [2.45, 2.75) is 6.42 Å². The van der Waals surface area contributed by atoms with Gasteiger partial charge >= 0.3 is 0 Å². The smallest absolute Gasteiger partial charge is 0.255 e. The molecule has 178 valence electrons. The molecule has 1 aliphatic rings. The van der Waals surface area contributed by atoms with E-state index in [0.717, 1.165) is 52.6 Å². The summed E-state index contributed by atoms with van der Waals surface area (Å²) in [6, 6.07) is 23.7. The van der Waals surface area contributed by atoms with Crippen molar-refractivity contribution in [1.29, 1.82) is 0 Å². The van der Waals surface area contributed by atoms with Crippen molar-refractivity contribution >= 4 is 34.0 Å². The van der Waals surface area contributed by atoms with Gasteiger partial charge in [-0.2, -0.15) is 0 Å². The van der Waals surface area contributed by atoms with Crippen molar-refractivity contribution in [3.63, 3.8) is 0 Å². The van der Waals surface area contributed by atoms with Gasteiger partial charge in [-0.1, -0.05) is 42.5 Å². The maximum Gasteiger partial charge on any atom is 0.255 e. The molecule has 1 aliphatic heterocycles. The Balaban J connectivity index is 1.29. The summed E-state index contributed by atoms with van der Waals surface area (Å²) in [5.41, 5.74) is 2.47. The molecule has 7 heteroatoms. The minimum absolute atomic E-state index is 0.124. The number of aromatic nitrogens is 2. The number of benzene rings is 3. The second-order valence-electron chi connectivity index (χ2n) is 8.88. The first-order valence-corrected chi connectivity index (χ1v) is 11.8. The van der Waals surface area contributed by atoms with Crippen LogP contribution < -0.4 is 15.1 Å². The zero-order valence-corrected chi connectivity index (χ0v) is 20.1. The molecule has 35 heavy (non-hydrogen) atoms. The maximum absolute atomic E-state index is 12.8. The number of morpholine rings is 1. The third-order valence-electron chi connectivity index (χ3n) is 6.12. The summed E-state index contributed by atoms with van der Waals surface area (Å²) >= 11 is 0. The summed E-state index contributed by atoms with van der Waals surface area (Å²) < 4.78 is 5.49. The number of nitrogens with one attached hydrogen (secondary N) is 1. The molecule has 4 aromatic rings. The van der Waals surface area contributed by atoms with E-state index in [-0.39, 0.29) is 5.91 Å². The van der Waals surface area contributed by atoms with Gasteiger partial charge in [-0.05, 0) is 40.6 Å². The lowest BCUT2D eigenvalue weighted by molar-refractivity contribution is 0.102. The number of rotatable bonds is 6. The van der Waals surface area contributed by atoms with Crippen LogP contribution in [-0.4, -0.2) is 56.3 Å². The molecule has 1 N–H and O–H groups in total. The van der Waals surface area contributed by atoms with Crippen LogP contribution in [0.15, 0.2) is 72.8 Å². The van der Waals surface area contributed by atoms with Gasteiger partial charge in [0.05, 0.1) is 13.2 Å². The second-order valence-corrected chi connectivity index (χ2v) is 8.88. The first kappa shape index (κ1) is 22.8. The number of carbonyl (C=O) groups is 1. The van der Waals surface area contributed by atoms with Crippen LogP contribution in [0.1, 0.15) is 21.7 Å². The number of carbonyl (C=O) groups excluding carboxylic acids is 1. The minimum atomic E-state index is -0.124. The fourth-order valence-corrected chi connectivity index (χ4v) is 4.15. The van der Waals surface area contributed by atoms with Gasteiger partial charge in [-0.3, -0.25) is 4.79 Å². The zero-order valence-electron chi connectivity index (χ0n) is 20.1. The highest BCUT2D eigenvalue weighted by Gasteiger charge is 2.16. The molecular weight excluding hydrogens is 438 g/mol. The fourth-order valence-electron chi connectivity index (χ4n) is 4.15. The highest BCUT2D eigenvalue weighted by atomic mass is 16.5. The molecule has 0 bridgehead atoms. The van der Waals surface area contributed by atoms with Crippen molar-refractivity contribution in [1.82, 2.24) is 9.97 Å². The van der Waals surface area contributed by atoms with E-state index in [4.69, 9.17) is 14.7 Å². The Hall–Kier alpha value is -3.97. The van der Waals surface area contributed by atoms with Gasteiger partial charge in [0.2, 0.25) is 0 Å². The van der Waals surface area contributed by atoms with Gasteiger partial charge in [-0.15, -0.1) is 0 Å². The normalized spacial score (nSPS) is 13.6. The van der Waals surface area contributed by atoms with E-state index in [1.807, 2.05) is 91.8 Å². The Kier molecular flexibility index (Phi) is 6.59. The third-order valence-corrected chi connectivity index (χ3v) is 6.12. The molecule has 5 rings (SSSR count). The van der Waals surface area contributed by atoms with E-state index in [1.54, 1.807) is 0 Å². The van der Waals surface area contributed by atoms with Crippen molar-refractivity contribution in [3.05, 3.63) is 89.7 Å². The molecule has 2 heterocycles. The standard InChI is InChI=1S/C28H29N5O2/c1-32(2)26-19-27(33-13-15-35-16-14-33)31-25(30-26)17-20-7-11-24(12-8-20)29-28(34)23-10-9-21-5-3-4-6-22(21)18-23/h3-12,18-19H,13-17H2,1-2H3,(H,29,34). The number of hydrogen-bond donors (Lipinski definition) is 1. The average Bonchev–Trinajstić information content (AvgIpc) is 2.90. The predicted molar refractivity (Wildman–Crippen MR) is 141 cm³/mol. The van der Waals surface area contributed by atoms with Gasteiger partial charge < -0.3 is 19.9 Å². The van der Waals surface area contributed by atoms with Gasteiger partial charge in [0.1, 0.15) is 17.5 Å². The largest absolute Gasteiger partial charge is 0.378 e. The monoisotopic (exact) mass is 467 g/mol. The van der Waals surface area contributed by atoms with Gasteiger partial charge in [0.15, 0.2) is 0 Å². The van der Waals surface area contributed by atoms with Crippen LogP contribution in [0, 0.1) is 0 Å². The Morgan fingerprint density at radius 3 is 2.43 bits per heavy atom. The molecule has 0 radical (unpaired) electrons. The summed E-state index contributed by atoms with van der Waals surface area (Å²) in [7, 11) is 3.98. The molecule has 0 aliphatic carbocycles.